The Morgan fingerprint density at radius 2 is 1.85 bits per heavy atom. The van der Waals surface area contributed by atoms with Gasteiger partial charge in [-0.2, -0.15) is 0 Å². The van der Waals surface area contributed by atoms with Gasteiger partial charge in [-0.3, -0.25) is 4.79 Å². The number of hydrogen-bond donors (Lipinski definition) is 1. The Balaban J connectivity index is 2.26. The first kappa shape index (κ1) is 13.1. The standard InChI is InChI=1S/C14H14F2O4/c15-8-7-9-12(20-6-5-19-9)10(11(8)16)14(13(17)18)3-1-2-4-14/h7H,1-6H2,(H,17,18). The quantitative estimate of drug-likeness (QED) is 0.907. The molecule has 1 heterocycles. The third-order valence-electron chi connectivity index (χ3n) is 4.07. The predicted octanol–water partition coefficient (Wildman–Crippen LogP) is 2.63. The van der Waals surface area contributed by atoms with Crippen LogP contribution in [0.5, 0.6) is 11.5 Å². The zero-order chi connectivity index (χ0) is 14.3. The van der Waals surface area contributed by atoms with Crippen LogP contribution in [0.25, 0.3) is 0 Å². The second-order valence-electron chi connectivity index (χ2n) is 5.17. The van der Waals surface area contributed by atoms with Crippen LogP contribution in [0.2, 0.25) is 0 Å². The van der Waals surface area contributed by atoms with E-state index >= 15 is 0 Å². The summed E-state index contributed by atoms with van der Waals surface area (Å²) in [5.41, 5.74) is -1.62. The number of carbonyl (C=O) groups is 1. The topological polar surface area (TPSA) is 55.8 Å². The highest BCUT2D eigenvalue weighted by atomic mass is 19.2. The molecule has 0 saturated heterocycles. The normalized spacial score (nSPS) is 19.9. The van der Waals surface area contributed by atoms with E-state index in [-0.39, 0.29) is 43.1 Å². The molecule has 1 aliphatic heterocycles. The van der Waals surface area contributed by atoms with E-state index in [1.807, 2.05) is 0 Å². The largest absolute Gasteiger partial charge is 0.486 e. The summed E-state index contributed by atoms with van der Waals surface area (Å²) in [6.45, 7) is 0.429. The molecule has 0 amide bonds. The van der Waals surface area contributed by atoms with Gasteiger partial charge in [0, 0.05) is 6.07 Å². The summed E-state index contributed by atoms with van der Waals surface area (Å²) in [6, 6.07) is 0.915. The first-order valence-corrected chi connectivity index (χ1v) is 6.58. The van der Waals surface area contributed by atoms with Crippen molar-refractivity contribution in [2.45, 2.75) is 31.1 Å². The minimum atomic E-state index is -1.42. The third-order valence-corrected chi connectivity index (χ3v) is 4.07. The number of aliphatic carboxylic acids is 1. The number of carboxylic acids is 1. The van der Waals surface area contributed by atoms with Gasteiger partial charge in [0.15, 0.2) is 23.1 Å². The Bertz CT molecular complexity index is 565. The molecule has 2 aliphatic rings. The van der Waals surface area contributed by atoms with E-state index in [0.29, 0.717) is 12.8 Å². The van der Waals surface area contributed by atoms with E-state index in [4.69, 9.17) is 9.47 Å². The smallest absolute Gasteiger partial charge is 0.314 e. The average Bonchev–Trinajstić information content (AvgIpc) is 2.90. The first-order chi connectivity index (χ1) is 9.56. The van der Waals surface area contributed by atoms with Crippen LogP contribution in [0, 0.1) is 11.6 Å². The summed E-state index contributed by atoms with van der Waals surface area (Å²) in [5, 5.41) is 9.55. The number of hydrogen-bond acceptors (Lipinski definition) is 3. The molecular formula is C14H14F2O4. The molecule has 4 nitrogen and oxygen atoms in total. The molecule has 0 unspecified atom stereocenters. The number of fused-ring (bicyclic) bond motifs is 1. The Hall–Kier alpha value is -1.85. The highest BCUT2D eigenvalue weighted by Crippen LogP contribution is 2.50. The number of carboxylic acid groups (broad SMARTS) is 1. The van der Waals surface area contributed by atoms with Gasteiger partial charge >= 0.3 is 5.97 Å². The Labute approximate surface area is 114 Å². The van der Waals surface area contributed by atoms with Crippen LogP contribution in [0.15, 0.2) is 6.07 Å². The predicted molar refractivity (Wildman–Crippen MR) is 65.1 cm³/mol. The second kappa shape index (κ2) is 4.61. The zero-order valence-electron chi connectivity index (χ0n) is 10.7. The lowest BCUT2D eigenvalue weighted by atomic mass is 9.77. The molecular weight excluding hydrogens is 270 g/mol. The zero-order valence-corrected chi connectivity index (χ0v) is 10.7. The SMILES string of the molecule is O=C(O)C1(c2c(F)c(F)cc3c2OCCO3)CCCC1. The molecule has 1 aromatic rings. The summed E-state index contributed by atoms with van der Waals surface area (Å²) >= 11 is 0. The Kier molecular flexibility index (Phi) is 3.03. The van der Waals surface area contributed by atoms with Gasteiger partial charge in [-0.05, 0) is 12.8 Å². The molecule has 0 radical (unpaired) electrons. The summed E-state index contributed by atoms with van der Waals surface area (Å²) in [7, 11) is 0. The van der Waals surface area contributed by atoms with Gasteiger partial charge in [0.05, 0.1) is 11.0 Å². The lowest BCUT2D eigenvalue weighted by Crippen LogP contribution is -2.35. The van der Waals surface area contributed by atoms with E-state index in [0.717, 1.165) is 6.07 Å². The monoisotopic (exact) mass is 284 g/mol. The van der Waals surface area contributed by atoms with Crippen molar-refractivity contribution in [3.63, 3.8) is 0 Å². The fraction of sp³-hybridized carbons (Fsp3) is 0.500. The maximum atomic E-state index is 14.3. The van der Waals surface area contributed by atoms with Crippen LogP contribution in [-0.4, -0.2) is 24.3 Å². The van der Waals surface area contributed by atoms with Gasteiger partial charge in [0.1, 0.15) is 13.2 Å². The molecule has 108 valence electrons. The Morgan fingerprint density at radius 1 is 1.20 bits per heavy atom. The minimum absolute atomic E-state index is 0.0412. The van der Waals surface area contributed by atoms with Crippen molar-refractivity contribution < 1.29 is 28.2 Å². The van der Waals surface area contributed by atoms with Crippen LogP contribution in [-0.2, 0) is 10.2 Å². The number of halogens is 2. The summed E-state index contributed by atoms with van der Waals surface area (Å²) in [4.78, 5) is 11.7. The molecule has 1 aliphatic carbocycles. The lowest BCUT2D eigenvalue weighted by Gasteiger charge is -2.30. The molecule has 1 aromatic carbocycles. The number of ether oxygens (including phenoxy) is 2. The average molecular weight is 284 g/mol. The third kappa shape index (κ3) is 1.74. The second-order valence-corrected chi connectivity index (χ2v) is 5.17. The van der Waals surface area contributed by atoms with E-state index < -0.39 is 23.0 Å². The fourth-order valence-corrected chi connectivity index (χ4v) is 3.11. The van der Waals surface area contributed by atoms with E-state index in [1.165, 1.54) is 0 Å². The number of rotatable bonds is 2. The molecule has 1 N–H and O–H groups in total. The van der Waals surface area contributed by atoms with Crippen LogP contribution < -0.4 is 9.47 Å². The van der Waals surface area contributed by atoms with Gasteiger partial charge in [0.2, 0.25) is 0 Å². The van der Waals surface area contributed by atoms with Gasteiger partial charge < -0.3 is 14.6 Å². The molecule has 3 rings (SSSR count). The molecule has 0 spiro atoms. The van der Waals surface area contributed by atoms with Crippen molar-refractivity contribution in [3.05, 3.63) is 23.3 Å². The van der Waals surface area contributed by atoms with Crippen molar-refractivity contribution >= 4 is 5.97 Å². The molecule has 1 fully saturated rings. The van der Waals surface area contributed by atoms with Crippen LogP contribution in [0.1, 0.15) is 31.2 Å². The summed E-state index contributed by atoms with van der Waals surface area (Å²) in [5.74, 6) is -3.26. The highest BCUT2D eigenvalue weighted by molar-refractivity contribution is 5.83. The van der Waals surface area contributed by atoms with Crippen LogP contribution in [0.3, 0.4) is 0 Å². The number of benzene rings is 1. The van der Waals surface area contributed by atoms with Crippen LogP contribution >= 0.6 is 0 Å². The van der Waals surface area contributed by atoms with E-state index in [1.54, 1.807) is 0 Å². The maximum absolute atomic E-state index is 14.3. The molecule has 0 bridgehead atoms. The molecule has 1 saturated carbocycles. The molecule has 6 heteroatoms. The Morgan fingerprint density at radius 3 is 2.50 bits per heavy atom. The first-order valence-electron chi connectivity index (χ1n) is 6.58. The maximum Gasteiger partial charge on any atom is 0.314 e. The molecule has 0 atom stereocenters. The van der Waals surface area contributed by atoms with E-state index in [2.05, 4.69) is 0 Å². The van der Waals surface area contributed by atoms with Crippen molar-refractivity contribution in [1.82, 2.24) is 0 Å². The van der Waals surface area contributed by atoms with Gasteiger partial charge in [-0.15, -0.1) is 0 Å². The lowest BCUT2D eigenvalue weighted by molar-refractivity contribution is -0.143. The summed E-state index contributed by atoms with van der Waals surface area (Å²) in [6.07, 6.45) is 1.88. The van der Waals surface area contributed by atoms with Crippen LogP contribution in [0.4, 0.5) is 8.78 Å². The van der Waals surface area contributed by atoms with E-state index in [9.17, 15) is 18.7 Å². The van der Waals surface area contributed by atoms with Crippen molar-refractivity contribution in [2.75, 3.05) is 13.2 Å². The highest BCUT2D eigenvalue weighted by Gasteiger charge is 2.48. The van der Waals surface area contributed by atoms with Crippen molar-refractivity contribution in [3.8, 4) is 11.5 Å². The van der Waals surface area contributed by atoms with Gasteiger partial charge in [0.25, 0.3) is 0 Å². The molecule has 20 heavy (non-hydrogen) atoms. The van der Waals surface area contributed by atoms with Gasteiger partial charge in [-0.1, -0.05) is 12.8 Å². The van der Waals surface area contributed by atoms with Gasteiger partial charge in [-0.25, -0.2) is 8.78 Å². The summed E-state index contributed by atoms with van der Waals surface area (Å²) < 4.78 is 38.7. The fourth-order valence-electron chi connectivity index (χ4n) is 3.11. The van der Waals surface area contributed by atoms with Crippen molar-refractivity contribution in [1.29, 1.82) is 0 Å². The molecule has 0 aromatic heterocycles. The van der Waals surface area contributed by atoms with Crippen molar-refractivity contribution in [2.24, 2.45) is 0 Å². The minimum Gasteiger partial charge on any atom is -0.486 e.